The van der Waals surface area contributed by atoms with E-state index in [0.29, 0.717) is 6.04 Å². The summed E-state index contributed by atoms with van der Waals surface area (Å²) in [5, 5.41) is 3.47. The van der Waals surface area contributed by atoms with Crippen molar-refractivity contribution in [3.63, 3.8) is 0 Å². The molecule has 0 unspecified atom stereocenters. The smallest absolute Gasteiger partial charge is 0.0313 e. The first-order valence-electron chi connectivity index (χ1n) is 5.79. The number of aromatic nitrogens is 2. The summed E-state index contributed by atoms with van der Waals surface area (Å²) in [5.74, 6) is 0. The molecule has 3 heteroatoms. The lowest BCUT2D eigenvalue weighted by atomic mass is 10.1. The molecule has 0 radical (unpaired) electrons. The molecule has 0 amide bonds. The molecule has 0 aliphatic heterocycles. The summed E-state index contributed by atoms with van der Waals surface area (Å²) in [5.41, 5.74) is 3.66. The van der Waals surface area contributed by atoms with Gasteiger partial charge in [0.05, 0.1) is 0 Å². The van der Waals surface area contributed by atoms with E-state index in [2.05, 4.69) is 35.2 Å². The molecular formula is C14H17N3. The molecule has 0 aliphatic rings. The van der Waals surface area contributed by atoms with Gasteiger partial charge in [0.1, 0.15) is 0 Å². The molecule has 0 saturated heterocycles. The van der Waals surface area contributed by atoms with Crippen LogP contribution in [0.5, 0.6) is 0 Å². The standard InChI is InChI=1S/C14H17N3/c1-11-7-13(9-16-8-11)10-17-12(2)14-3-5-15-6-4-14/h3-9,12,17H,10H2,1-2H3/t12-/m1/s1. The highest BCUT2D eigenvalue weighted by Gasteiger charge is 2.04. The number of nitrogens with zero attached hydrogens (tertiary/aromatic N) is 2. The van der Waals surface area contributed by atoms with Crippen LogP contribution in [0.4, 0.5) is 0 Å². The Bertz CT molecular complexity index is 468. The van der Waals surface area contributed by atoms with E-state index in [1.807, 2.05) is 36.9 Å². The van der Waals surface area contributed by atoms with Crippen molar-refractivity contribution in [2.45, 2.75) is 26.4 Å². The lowest BCUT2D eigenvalue weighted by molar-refractivity contribution is 0.573. The lowest BCUT2D eigenvalue weighted by Gasteiger charge is -2.13. The number of aryl methyl sites for hydroxylation is 1. The van der Waals surface area contributed by atoms with Crippen LogP contribution in [0.2, 0.25) is 0 Å². The van der Waals surface area contributed by atoms with Gasteiger partial charge in [0.2, 0.25) is 0 Å². The van der Waals surface area contributed by atoms with Crippen LogP contribution in [0.1, 0.15) is 29.7 Å². The number of hydrogen-bond donors (Lipinski definition) is 1. The molecule has 0 aromatic carbocycles. The van der Waals surface area contributed by atoms with Crippen molar-refractivity contribution in [3.8, 4) is 0 Å². The highest BCUT2D eigenvalue weighted by Crippen LogP contribution is 2.11. The van der Waals surface area contributed by atoms with Crippen LogP contribution in [-0.4, -0.2) is 9.97 Å². The van der Waals surface area contributed by atoms with Gasteiger partial charge in [-0.1, -0.05) is 6.07 Å². The maximum absolute atomic E-state index is 4.18. The summed E-state index contributed by atoms with van der Waals surface area (Å²) < 4.78 is 0. The minimum Gasteiger partial charge on any atom is -0.306 e. The average Bonchev–Trinajstić information content (AvgIpc) is 2.37. The Morgan fingerprint density at radius 1 is 1.18 bits per heavy atom. The van der Waals surface area contributed by atoms with Gasteiger partial charge in [-0.05, 0) is 42.7 Å². The number of pyridine rings is 2. The second kappa shape index (κ2) is 5.55. The van der Waals surface area contributed by atoms with Crippen LogP contribution in [0.25, 0.3) is 0 Å². The summed E-state index contributed by atoms with van der Waals surface area (Å²) >= 11 is 0. The van der Waals surface area contributed by atoms with E-state index in [-0.39, 0.29) is 0 Å². The molecule has 0 bridgehead atoms. The highest BCUT2D eigenvalue weighted by atomic mass is 14.9. The summed E-state index contributed by atoms with van der Waals surface area (Å²) in [7, 11) is 0. The summed E-state index contributed by atoms with van der Waals surface area (Å²) in [6, 6.07) is 6.54. The molecule has 0 aliphatic carbocycles. The van der Waals surface area contributed by atoms with E-state index < -0.39 is 0 Å². The monoisotopic (exact) mass is 227 g/mol. The Kier molecular flexibility index (Phi) is 3.83. The minimum absolute atomic E-state index is 0.318. The molecular weight excluding hydrogens is 210 g/mol. The van der Waals surface area contributed by atoms with Crippen molar-refractivity contribution in [2.75, 3.05) is 0 Å². The third kappa shape index (κ3) is 3.36. The number of nitrogens with one attached hydrogen (secondary N) is 1. The molecule has 3 nitrogen and oxygen atoms in total. The van der Waals surface area contributed by atoms with Crippen LogP contribution >= 0.6 is 0 Å². The number of rotatable bonds is 4. The Balaban J connectivity index is 1.95. The van der Waals surface area contributed by atoms with E-state index in [1.165, 1.54) is 16.7 Å². The predicted molar refractivity (Wildman–Crippen MR) is 68.5 cm³/mol. The van der Waals surface area contributed by atoms with Gasteiger partial charge in [-0.2, -0.15) is 0 Å². The Labute approximate surface area is 102 Å². The maximum Gasteiger partial charge on any atom is 0.0313 e. The molecule has 1 atom stereocenters. The van der Waals surface area contributed by atoms with Crippen LogP contribution in [0, 0.1) is 6.92 Å². The molecule has 0 saturated carbocycles. The predicted octanol–water partition coefficient (Wildman–Crippen LogP) is 2.64. The fraction of sp³-hybridized carbons (Fsp3) is 0.286. The van der Waals surface area contributed by atoms with Crippen LogP contribution < -0.4 is 5.32 Å². The minimum atomic E-state index is 0.318. The summed E-state index contributed by atoms with van der Waals surface area (Å²) in [4.78, 5) is 8.20. The van der Waals surface area contributed by atoms with E-state index in [1.54, 1.807) is 0 Å². The van der Waals surface area contributed by atoms with E-state index >= 15 is 0 Å². The molecule has 1 N–H and O–H groups in total. The SMILES string of the molecule is Cc1cncc(CN[C@H](C)c2ccncc2)c1. The van der Waals surface area contributed by atoms with Gasteiger partial charge in [0.15, 0.2) is 0 Å². The summed E-state index contributed by atoms with van der Waals surface area (Å²) in [6.45, 7) is 5.04. The maximum atomic E-state index is 4.18. The van der Waals surface area contributed by atoms with Crippen molar-refractivity contribution in [2.24, 2.45) is 0 Å². The third-order valence-electron chi connectivity index (χ3n) is 2.75. The molecule has 2 aromatic heterocycles. The lowest BCUT2D eigenvalue weighted by Crippen LogP contribution is -2.18. The first kappa shape index (κ1) is 11.7. The number of hydrogen-bond acceptors (Lipinski definition) is 3. The quantitative estimate of drug-likeness (QED) is 0.872. The molecule has 88 valence electrons. The van der Waals surface area contributed by atoms with Gasteiger partial charge in [-0.15, -0.1) is 0 Å². The van der Waals surface area contributed by atoms with E-state index in [9.17, 15) is 0 Å². The van der Waals surface area contributed by atoms with E-state index in [0.717, 1.165) is 6.54 Å². The van der Waals surface area contributed by atoms with Crippen LogP contribution in [-0.2, 0) is 6.54 Å². The topological polar surface area (TPSA) is 37.8 Å². The molecule has 2 heterocycles. The molecule has 0 fully saturated rings. The largest absolute Gasteiger partial charge is 0.306 e. The van der Waals surface area contributed by atoms with Gasteiger partial charge in [-0.25, -0.2) is 0 Å². The van der Waals surface area contributed by atoms with Crippen molar-refractivity contribution in [1.82, 2.24) is 15.3 Å². The van der Waals surface area contributed by atoms with E-state index in [4.69, 9.17) is 0 Å². The molecule has 0 spiro atoms. The van der Waals surface area contributed by atoms with Gasteiger partial charge >= 0.3 is 0 Å². The van der Waals surface area contributed by atoms with Gasteiger partial charge < -0.3 is 5.32 Å². The van der Waals surface area contributed by atoms with Gasteiger partial charge in [0, 0.05) is 37.4 Å². The Hall–Kier alpha value is -1.74. The second-order valence-electron chi connectivity index (χ2n) is 4.25. The summed E-state index contributed by atoms with van der Waals surface area (Å²) in [6.07, 6.45) is 7.42. The fourth-order valence-corrected chi connectivity index (χ4v) is 1.76. The van der Waals surface area contributed by atoms with Crippen molar-refractivity contribution >= 4 is 0 Å². The average molecular weight is 227 g/mol. The van der Waals surface area contributed by atoms with Crippen molar-refractivity contribution in [1.29, 1.82) is 0 Å². The first-order chi connectivity index (χ1) is 8.25. The zero-order chi connectivity index (χ0) is 12.1. The second-order valence-corrected chi connectivity index (χ2v) is 4.25. The van der Waals surface area contributed by atoms with Gasteiger partial charge in [-0.3, -0.25) is 9.97 Å². The first-order valence-corrected chi connectivity index (χ1v) is 5.79. The van der Waals surface area contributed by atoms with Gasteiger partial charge in [0.25, 0.3) is 0 Å². The highest BCUT2D eigenvalue weighted by molar-refractivity contribution is 5.18. The van der Waals surface area contributed by atoms with Crippen LogP contribution in [0.3, 0.4) is 0 Å². The zero-order valence-corrected chi connectivity index (χ0v) is 10.2. The zero-order valence-electron chi connectivity index (χ0n) is 10.2. The molecule has 2 rings (SSSR count). The Morgan fingerprint density at radius 3 is 2.65 bits per heavy atom. The fourth-order valence-electron chi connectivity index (χ4n) is 1.76. The third-order valence-corrected chi connectivity index (χ3v) is 2.75. The Morgan fingerprint density at radius 2 is 1.94 bits per heavy atom. The van der Waals surface area contributed by atoms with Crippen molar-refractivity contribution < 1.29 is 0 Å². The van der Waals surface area contributed by atoms with Crippen LogP contribution in [0.15, 0.2) is 43.0 Å². The molecule has 2 aromatic rings. The van der Waals surface area contributed by atoms with Crippen molar-refractivity contribution in [3.05, 3.63) is 59.7 Å². The normalized spacial score (nSPS) is 12.4. The molecule has 17 heavy (non-hydrogen) atoms.